The summed E-state index contributed by atoms with van der Waals surface area (Å²) in [6.07, 6.45) is 1.95. The van der Waals surface area contributed by atoms with Crippen molar-refractivity contribution in [3.05, 3.63) is 65.7 Å². The molecule has 7 nitrogen and oxygen atoms in total. The number of piperidine rings is 1. The SMILES string of the molecule is CCN(CC)C1CCCN(C(C(N)=O)c2c(-c3ccccc3)nc3ccccc3c2C(=O)O)C1. The average molecular weight is 461 g/mol. The van der Waals surface area contributed by atoms with Crippen LogP contribution in [0.2, 0.25) is 0 Å². The third kappa shape index (κ3) is 4.54. The Morgan fingerprint density at radius 3 is 2.44 bits per heavy atom. The van der Waals surface area contributed by atoms with Gasteiger partial charge in [-0.1, -0.05) is 62.4 Å². The normalized spacial score (nSPS) is 17.7. The van der Waals surface area contributed by atoms with Gasteiger partial charge in [0, 0.05) is 29.1 Å². The third-order valence-electron chi connectivity index (χ3n) is 6.86. The van der Waals surface area contributed by atoms with Crippen LogP contribution in [-0.2, 0) is 4.79 Å². The van der Waals surface area contributed by atoms with Crippen LogP contribution < -0.4 is 5.73 Å². The number of pyridine rings is 1. The number of aromatic carboxylic acids is 1. The molecule has 2 unspecified atom stereocenters. The molecule has 3 N–H and O–H groups in total. The van der Waals surface area contributed by atoms with Gasteiger partial charge in [0.15, 0.2) is 0 Å². The summed E-state index contributed by atoms with van der Waals surface area (Å²) in [5.74, 6) is -1.65. The summed E-state index contributed by atoms with van der Waals surface area (Å²) in [5, 5.41) is 10.9. The van der Waals surface area contributed by atoms with Gasteiger partial charge in [0.05, 0.1) is 16.8 Å². The van der Waals surface area contributed by atoms with Crippen LogP contribution in [0, 0.1) is 0 Å². The summed E-state index contributed by atoms with van der Waals surface area (Å²) >= 11 is 0. The molecule has 2 heterocycles. The zero-order valence-corrected chi connectivity index (χ0v) is 19.8. The Hall–Kier alpha value is -3.29. The molecule has 1 aliphatic heterocycles. The molecule has 1 aromatic heterocycles. The summed E-state index contributed by atoms with van der Waals surface area (Å²) in [5.41, 5.74) is 8.33. The number of carbonyl (C=O) groups is 2. The Bertz CT molecular complexity index is 1180. The van der Waals surface area contributed by atoms with E-state index in [9.17, 15) is 14.7 Å². The van der Waals surface area contributed by atoms with Gasteiger partial charge in [-0.15, -0.1) is 0 Å². The lowest BCUT2D eigenvalue weighted by Crippen LogP contribution is -2.51. The van der Waals surface area contributed by atoms with Crippen LogP contribution in [0.5, 0.6) is 0 Å². The Balaban J connectivity index is 1.95. The number of carboxylic acids is 1. The van der Waals surface area contributed by atoms with E-state index in [1.807, 2.05) is 36.4 Å². The number of para-hydroxylation sites is 1. The monoisotopic (exact) mass is 460 g/mol. The van der Waals surface area contributed by atoms with Gasteiger partial charge in [0.1, 0.15) is 6.04 Å². The fourth-order valence-electron chi connectivity index (χ4n) is 5.30. The third-order valence-corrected chi connectivity index (χ3v) is 6.86. The van der Waals surface area contributed by atoms with Gasteiger partial charge in [-0.25, -0.2) is 9.78 Å². The van der Waals surface area contributed by atoms with E-state index < -0.39 is 17.9 Å². The molecular weight excluding hydrogens is 428 g/mol. The highest BCUT2D eigenvalue weighted by molar-refractivity contribution is 6.07. The number of aromatic nitrogens is 1. The minimum Gasteiger partial charge on any atom is -0.478 e. The van der Waals surface area contributed by atoms with Crippen LogP contribution in [-0.4, -0.2) is 64.0 Å². The number of likely N-dealkylation sites (N-methyl/N-ethyl adjacent to an activating group) is 1. The second-order valence-corrected chi connectivity index (χ2v) is 8.75. The Kier molecular flexibility index (Phi) is 7.24. The predicted octanol–water partition coefficient (Wildman–Crippen LogP) is 3.93. The van der Waals surface area contributed by atoms with Crippen molar-refractivity contribution in [2.75, 3.05) is 26.2 Å². The number of amides is 1. The summed E-state index contributed by atoms with van der Waals surface area (Å²) in [6, 6.07) is 16.0. The summed E-state index contributed by atoms with van der Waals surface area (Å²) in [7, 11) is 0. The maximum absolute atomic E-state index is 13.1. The van der Waals surface area contributed by atoms with Crippen molar-refractivity contribution in [3.63, 3.8) is 0 Å². The fraction of sp³-hybridized carbons (Fsp3) is 0.370. The van der Waals surface area contributed by atoms with Crippen LogP contribution in [0.25, 0.3) is 22.2 Å². The standard InChI is InChI=1S/C27H32N4O3/c1-3-30(4-2)19-13-10-16-31(17-19)25(26(28)32)23-22(27(33)34)20-14-8-9-15-21(20)29-24(23)18-11-6-5-7-12-18/h5-9,11-12,14-15,19,25H,3-4,10,13,16-17H2,1-2H3,(H2,28,32)(H,33,34). The van der Waals surface area contributed by atoms with Crippen LogP contribution in [0.3, 0.4) is 0 Å². The van der Waals surface area contributed by atoms with E-state index in [2.05, 4.69) is 23.6 Å². The maximum atomic E-state index is 13.1. The molecule has 1 aliphatic rings. The average Bonchev–Trinajstić information content (AvgIpc) is 2.85. The van der Waals surface area contributed by atoms with Gasteiger partial charge in [-0.2, -0.15) is 0 Å². The van der Waals surface area contributed by atoms with Crippen LogP contribution in [0.4, 0.5) is 0 Å². The number of nitrogens with zero attached hydrogens (tertiary/aromatic N) is 3. The van der Waals surface area contributed by atoms with Gasteiger partial charge in [0.2, 0.25) is 5.91 Å². The number of nitrogens with two attached hydrogens (primary N) is 1. The molecule has 4 rings (SSSR count). The van der Waals surface area contributed by atoms with Crippen molar-refractivity contribution in [3.8, 4) is 11.3 Å². The minimum atomic E-state index is -1.09. The topological polar surface area (TPSA) is 99.8 Å². The van der Waals surface area contributed by atoms with Crippen molar-refractivity contribution in [1.82, 2.24) is 14.8 Å². The fourth-order valence-corrected chi connectivity index (χ4v) is 5.30. The lowest BCUT2D eigenvalue weighted by molar-refractivity contribution is -0.124. The number of carbonyl (C=O) groups excluding carboxylic acids is 1. The van der Waals surface area contributed by atoms with E-state index in [0.29, 0.717) is 35.2 Å². The first-order chi connectivity index (χ1) is 16.5. The second kappa shape index (κ2) is 10.3. The number of hydrogen-bond donors (Lipinski definition) is 2. The molecule has 0 radical (unpaired) electrons. The first kappa shape index (κ1) is 23.9. The van der Waals surface area contributed by atoms with Gasteiger partial charge in [-0.3, -0.25) is 14.6 Å². The summed E-state index contributed by atoms with van der Waals surface area (Å²) in [6.45, 7) is 7.43. The van der Waals surface area contributed by atoms with Crippen molar-refractivity contribution < 1.29 is 14.7 Å². The highest BCUT2D eigenvalue weighted by atomic mass is 16.4. The predicted molar refractivity (Wildman–Crippen MR) is 134 cm³/mol. The molecular formula is C27H32N4O3. The van der Waals surface area contributed by atoms with Crippen molar-refractivity contribution in [2.24, 2.45) is 5.73 Å². The number of primary amides is 1. The van der Waals surface area contributed by atoms with Crippen molar-refractivity contribution in [2.45, 2.75) is 38.8 Å². The number of hydrogen-bond acceptors (Lipinski definition) is 5. The Morgan fingerprint density at radius 1 is 1.12 bits per heavy atom. The molecule has 7 heteroatoms. The van der Waals surface area contributed by atoms with E-state index in [1.54, 1.807) is 18.2 Å². The highest BCUT2D eigenvalue weighted by Crippen LogP contribution is 2.38. The van der Waals surface area contributed by atoms with Gasteiger partial charge in [0.25, 0.3) is 0 Å². The molecule has 178 valence electrons. The van der Waals surface area contributed by atoms with Gasteiger partial charge in [-0.05, 0) is 38.5 Å². The number of benzene rings is 2. The molecule has 0 aliphatic carbocycles. The first-order valence-electron chi connectivity index (χ1n) is 11.9. The largest absolute Gasteiger partial charge is 0.478 e. The number of fused-ring (bicyclic) bond motifs is 1. The number of rotatable bonds is 8. The maximum Gasteiger partial charge on any atom is 0.336 e. The lowest BCUT2D eigenvalue weighted by Gasteiger charge is -2.41. The van der Waals surface area contributed by atoms with Crippen molar-refractivity contribution in [1.29, 1.82) is 0 Å². The van der Waals surface area contributed by atoms with Crippen molar-refractivity contribution >= 4 is 22.8 Å². The molecule has 34 heavy (non-hydrogen) atoms. The molecule has 0 saturated carbocycles. The highest BCUT2D eigenvalue weighted by Gasteiger charge is 2.37. The molecule has 2 atom stereocenters. The van der Waals surface area contributed by atoms with Crippen LogP contribution in [0.1, 0.15) is 48.7 Å². The summed E-state index contributed by atoms with van der Waals surface area (Å²) in [4.78, 5) is 35.1. The minimum absolute atomic E-state index is 0.0956. The van der Waals surface area contributed by atoms with E-state index in [-0.39, 0.29) is 11.6 Å². The molecule has 0 bridgehead atoms. The van der Waals surface area contributed by atoms with Gasteiger partial charge < -0.3 is 10.8 Å². The molecule has 3 aromatic rings. The molecule has 0 spiro atoms. The van der Waals surface area contributed by atoms with E-state index >= 15 is 0 Å². The Morgan fingerprint density at radius 2 is 1.79 bits per heavy atom. The second-order valence-electron chi connectivity index (χ2n) is 8.75. The zero-order valence-electron chi connectivity index (χ0n) is 19.8. The zero-order chi connectivity index (χ0) is 24.2. The summed E-state index contributed by atoms with van der Waals surface area (Å²) < 4.78 is 0. The quantitative estimate of drug-likeness (QED) is 0.528. The molecule has 1 amide bonds. The molecule has 1 fully saturated rings. The number of likely N-dealkylation sites (tertiary alicyclic amines) is 1. The molecule has 2 aromatic carbocycles. The van der Waals surface area contributed by atoms with E-state index in [4.69, 9.17) is 10.7 Å². The van der Waals surface area contributed by atoms with Crippen LogP contribution in [0.15, 0.2) is 54.6 Å². The smallest absolute Gasteiger partial charge is 0.336 e. The molecule has 1 saturated heterocycles. The first-order valence-corrected chi connectivity index (χ1v) is 11.9. The lowest BCUT2D eigenvalue weighted by atomic mass is 9.89. The van der Waals surface area contributed by atoms with Gasteiger partial charge >= 0.3 is 5.97 Å². The Labute approximate surface area is 200 Å². The number of carboxylic acid groups (broad SMARTS) is 1. The van der Waals surface area contributed by atoms with Crippen LogP contribution >= 0.6 is 0 Å². The van der Waals surface area contributed by atoms with E-state index in [1.165, 1.54) is 0 Å². The van der Waals surface area contributed by atoms with E-state index in [0.717, 1.165) is 31.5 Å².